The summed E-state index contributed by atoms with van der Waals surface area (Å²) in [6.07, 6.45) is 2.21. The van der Waals surface area contributed by atoms with Crippen molar-refractivity contribution in [3.05, 3.63) is 22.7 Å². The molecular formula is C11H15BrN2O. The Hall–Kier alpha value is -0.740. The third kappa shape index (κ3) is 2.63. The van der Waals surface area contributed by atoms with Crippen molar-refractivity contribution in [1.29, 1.82) is 0 Å². The third-order valence-electron chi connectivity index (χ3n) is 2.68. The molecule has 0 spiro atoms. The van der Waals surface area contributed by atoms with E-state index in [9.17, 15) is 0 Å². The lowest BCUT2D eigenvalue weighted by atomic mass is 10.2. The largest absolute Gasteiger partial charge is 0.495 e. The van der Waals surface area contributed by atoms with E-state index < -0.39 is 0 Å². The number of hydrogen-bond acceptors (Lipinski definition) is 3. The summed E-state index contributed by atoms with van der Waals surface area (Å²) in [7, 11) is 1.67. The molecule has 0 saturated heterocycles. The van der Waals surface area contributed by atoms with Gasteiger partial charge in [0.05, 0.1) is 12.8 Å². The van der Waals surface area contributed by atoms with Crippen molar-refractivity contribution in [1.82, 2.24) is 0 Å². The second-order valence-electron chi connectivity index (χ2n) is 4.06. The molecule has 4 heteroatoms. The number of rotatable bonds is 4. The van der Waals surface area contributed by atoms with E-state index in [1.807, 2.05) is 18.2 Å². The molecule has 2 rings (SSSR count). The van der Waals surface area contributed by atoms with Crippen LogP contribution >= 0.6 is 15.9 Å². The topological polar surface area (TPSA) is 47.3 Å². The molecule has 3 N–H and O–H groups in total. The monoisotopic (exact) mass is 270 g/mol. The van der Waals surface area contributed by atoms with Gasteiger partial charge >= 0.3 is 0 Å². The Labute approximate surface area is 98.1 Å². The van der Waals surface area contributed by atoms with E-state index in [2.05, 4.69) is 21.2 Å². The van der Waals surface area contributed by atoms with Crippen molar-refractivity contribution < 1.29 is 4.74 Å². The van der Waals surface area contributed by atoms with Gasteiger partial charge in [0, 0.05) is 16.6 Å². The summed E-state index contributed by atoms with van der Waals surface area (Å²) in [5, 5.41) is 3.33. The van der Waals surface area contributed by atoms with Crippen LogP contribution in [-0.4, -0.2) is 19.2 Å². The Morgan fingerprint density at radius 3 is 2.87 bits per heavy atom. The van der Waals surface area contributed by atoms with Crippen LogP contribution in [-0.2, 0) is 0 Å². The van der Waals surface area contributed by atoms with Crippen molar-refractivity contribution in [2.75, 3.05) is 19.0 Å². The summed E-state index contributed by atoms with van der Waals surface area (Å²) in [6, 6.07) is 5.90. The van der Waals surface area contributed by atoms with Crippen LogP contribution in [0, 0.1) is 0 Å². The summed E-state index contributed by atoms with van der Waals surface area (Å²) in [6.45, 7) is 0.805. The smallest absolute Gasteiger partial charge is 0.142 e. The highest BCUT2D eigenvalue weighted by Gasteiger charge is 2.37. The van der Waals surface area contributed by atoms with Gasteiger partial charge in [0.25, 0.3) is 0 Å². The van der Waals surface area contributed by atoms with Gasteiger partial charge in [-0.1, -0.05) is 15.9 Å². The van der Waals surface area contributed by atoms with Crippen LogP contribution in [0.15, 0.2) is 22.7 Å². The van der Waals surface area contributed by atoms with Gasteiger partial charge in [-0.2, -0.15) is 0 Å². The van der Waals surface area contributed by atoms with Crippen LogP contribution in [0.3, 0.4) is 0 Å². The average molecular weight is 271 g/mol. The van der Waals surface area contributed by atoms with Gasteiger partial charge in [0.1, 0.15) is 5.75 Å². The maximum Gasteiger partial charge on any atom is 0.142 e. The van der Waals surface area contributed by atoms with E-state index in [0.29, 0.717) is 0 Å². The summed E-state index contributed by atoms with van der Waals surface area (Å²) in [5.74, 6) is 0.849. The van der Waals surface area contributed by atoms with Gasteiger partial charge in [-0.3, -0.25) is 0 Å². The Balaban J connectivity index is 2.08. The van der Waals surface area contributed by atoms with Crippen LogP contribution in [0.2, 0.25) is 0 Å². The molecule has 0 aromatic heterocycles. The fourth-order valence-corrected chi connectivity index (χ4v) is 1.79. The van der Waals surface area contributed by atoms with Gasteiger partial charge in [0.2, 0.25) is 0 Å². The Morgan fingerprint density at radius 1 is 1.53 bits per heavy atom. The Morgan fingerprint density at radius 2 is 2.27 bits per heavy atom. The molecular weight excluding hydrogens is 256 g/mol. The number of halogens is 1. The zero-order valence-electron chi connectivity index (χ0n) is 8.72. The molecule has 0 atom stereocenters. The first-order valence-corrected chi connectivity index (χ1v) is 5.79. The third-order valence-corrected chi connectivity index (χ3v) is 3.18. The van der Waals surface area contributed by atoms with E-state index >= 15 is 0 Å². The predicted molar refractivity (Wildman–Crippen MR) is 65.3 cm³/mol. The number of hydrogen-bond donors (Lipinski definition) is 2. The lowest BCUT2D eigenvalue weighted by Crippen LogP contribution is -2.31. The van der Waals surface area contributed by atoms with E-state index in [4.69, 9.17) is 10.5 Å². The Bertz CT molecular complexity index is 364. The quantitative estimate of drug-likeness (QED) is 0.883. The first-order chi connectivity index (χ1) is 7.13. The highest BCUT2D eigenvalue weighted by Crippen LogP contribution is 2.34. The number of anilines is 1. The normalized spacial score (nSPS) is 17.3. The number of methoxy groups -OCH3 is 1. The molecule has 3 nitrogen and oxygen atoms in total. The molecule has 1 aromatic rings. The van der Waals surface area contributed by atoms with Gasteiger partial charge in [-0.25, -0.2) is 0 Å². The van der Waals surface area contributed by atoms with Crippen LogP contribution < -0.4 is 15.8 Å². The van der Waals surface area contributed by atoms with Gasteiger partial charge in [0.15, 0.2) is 0 Å². The van der Waals surface area contributed by atoms with E-state index in [-0.39, 0.29) is 5.54 Å². The molecule has 1 aliphatic rings. The Kier molecular flexibility index (Phi) is 2.89. The van der Waals surface area contributed by atoms with Crippen molar-refractivity contribution in [3.8, 4) is 5.75 Å². The molecule has 1 aromatic carbocycles. The summed E-state index contributed by atoms with van der Waals surface area (Å²) < 4.78 is 6.30. The van der Waals surface area contributed by atoms with Crippen LogP contribution in [0.5, 0.6) is 5.75 Å². The van der Waals surface area contributed by atoms with Crippen LogP contribution in [0.25, 0.3) is 0 Å². The molecule has 0 unspecified atom stereocenters. The van der Waals surface area contributed by atoms with Crippen molar-refractivity contribution in [2.24, 2.45) is 5.73 Å². The van der Waals surface area contributed by atoms with Crippen LogP contribution in [0.4, 0.5) is 5.69 Å². The van der Waals surface area contributed by atoms with Gasteiger partial charge < -0.3 is 15.8 Å². The minimum atomic E-state index is 0.00727. The zero-order valence-corrected chi connectivity index (χ0v) is 10.3. The number of benzene rings is 1. The summed E-state index contributed by atoms with van der Waals surface area (Å²) >= 11 is 3.43. The molecule has 0 radical (unpaired) electrons. The average Bonchev–Trinajstić information content (AvgIpc) is 2.95. The summed E-state index contributed by atoms with van der Waals surface area (Å²) in [4.78, 5) is 0. The lowest BCUT2D eigenvalue weighted by molar-refractivity contribution is 0.416. The highest BCUT2D eigenvalue weighted by atomic mass is 79.9. The van der Waals surface area contributed by atoms with E-state index in [1.165, 1.54) is 0 Å². The predicted octanol–water partition coefficient (Wildman–Crippen LogP) is 2.36. The molecule has 0 amide bonds. The first kappa shape index (κ1) is 10.8. The molecule has 15 heavy (non-hydrogen) atoms. The maximum absolute atomic E-state index is 6.01. The fourth-order valence-electron chi connectivity index (χ4n) is 1.43. The van der Waals surface area contributed by atoms with Crippen molar-refractivity contribution >= 4 is 21.6 Å². The maximum atomic E-state index is 6.01. The second kappa shape index (κ2) is 4.02. The highest BCUT2D eigenvalue weighted by molar-refractivity contribution is 9.10. The van der Waals surface area contributed by atoms with Gasteiger partial charge in [-0.15, -0.1) is 0 Å². The number of ether oxygens (including phenoxy) is 1. The minimum Gasteiger partial charge on any atom is -0.495 e. The van der Waals surface area contributed by atoms with Crippen molar-refractivity contribution in [3.63, 3.8) is 0 Å². The fraction of sp³-hybridized carbons (Fsp3) is 0.455. The number of nitrogens with one attached hydrogen (secondary N) is 1. The minimum absolute atomic E-state index is 0.00727. The van der Waals surface area contributed by atoms with Crippen LogP contribution in [0.1, 0.15) is 12.8 Å². The van der Waals surface area contributed by atoms with E-state index in [0.717, 1.165) is 35.3 Å². The molecule has 1 saturated carbocycles. The first-order valence-electron chi connectivity index (χ1n) is 4.99. The molecule has 1 aliphatic carbocycles. The SMILES string of the molecule is COc1ccc(Br)cc1NCC1(N)CC1. The molecule has 82 valence electrons. The summed E-state index contributed by atoms with van der Waals surface area (Å²) in [5.41, 5.74) is 7.01. The molecule has 0 bridgehead atoms. The zero-order chi connectivity index (χ0) is 10.9. The van der Waals surface area contributed by atoms with E-state index in [1.54, 1.807) is 7.11 Å². The molecule has 1 fully saturated rings. The van der Waals surface area contributed by atoms with Crippen molar-refractivity contribution in [2.45, 2.75) is 18.4 Å². The standard InChI is InChI=1S/C11H15BrN2O/c1-15-10-3-2-8(12)6-9(10)14-7-11(13)4-5-11/h2-3,6,14H,4-5,7,13H2,1H3. The number of nitrogens with two attached hydrogens (primary N) is 1. The van der Waals surface area contributed by atoms with Gasteiger partial charge in [-0.05, 0) is 31.0 Å². The second-order valence-corrected chi connectivity index (χ2v) is 4.98. The lowest BCUT2D eigenvalue weighted by Gasteiger charge is -2.14. The molecule has 0 heterocycles. The molecule has 0 aliphatic heterocycles.